The summed E-state index contributed by atoms with van der Waals surface area (Å²) in [4.78, 5) is 25.7. The molecular formula is C24H24N2O2S. The first-order valence-corrected chi connectivity index (χ1v) is 10.4. The van der Waals surface area contributed by atoms with Crippen molar-refractivity contribution in [1.29, 1.82) is 0 Å². The molecule has 0 radical (unpaired) electrons. The first-order valence-electron chi connectivity index (χ1n) is 9.43. The molecule has 0 aliphatic rings. The lowest BCUT2D eigenvalue weighted by atomic mass is 10.1. The molecule has 2 N–H and O–H groups in total. The van der Waals surface area contributed by atoms with Crippen LogP contribution in [0.1, 0.15) is 27.0 Å². The lowest BCUT2D eigenvalue weighted by Gasteiger charge is -2.10. The minimum absolute atomic E-state index is 0.103. The van der Waals surface area contributed by atoms with Crippen LogP contribution in [-0.2, 0) is 11.3 Å². The molecule has 0 saturated heterocycles. The third-order valence-electron chi connectivity index (χ3n) is 4.40. The topological polar surface area (TPSA) is 58.2 Å². The van der Waals surface area contributed by atoms with E-state index in [9.17, 15) is 9.59 Å². The van der Waals surface area contributed by atoms with Crippen LogP contribution < -0.4 is 10.6 Å². The van der Waals surface area contributed by atoms with Crippen molar-refractivity contribution in [3.63, 3.8) is 0 Å². The van der Waals surface area contributed by atoms with E-state index < -0.39 is 0 Å². The average Bonchev–Trinajstić information content (AvgIpc) is 2.73. The maximum atomic E-state index is 12.6. The van der Waals surface area contributed by atoms with Gasteiger partial charge >= 0.3 is 0 Å². The summed E-state index contributed by atoms with van der Waals surface area (Å²) in [7, 11) is 0. The van der Waals surface area contributed by atoms with E-state index in [2.05, 4.69) is 10.6 Å². The summed E-state index contributed by atoms with van der Waals surface area (Å²) < 4.78 is 0. The van der Waals surface area contributed by atoms with E-state index in [1.807, 2.05) is 80.6 Å². The molecule has 0 aliphatic heterocycles. The molecule has 0 unspecified atom stereocenters. The quantitative estimate of drug-likeness (QED) is 0.547. The van der Waals surface area contributed by atoms with Gasteiger partial charge in [-0.05, 0) is 43.7 Å². The number of amides is 2. The third-order valence-corrected chi connectivity index (χ3v) is 5.47. The molecule has 5 heteroatoms. The van der Waals surface area contributed by atoms with Crippen LogP contribution in [0.5, 0.6) is 0 Å². The maximum absolute atomic E-state index is 12.6. The van der Waals surface area contributed by atoms with E-state index in [0.717, 1.165) is 21.7 Å². The van der Waals surface area contributed by atoms with Crippen LogP contribution in [-0.4, -0.2) is 17.6 Å². The number of anilines is 1. The zero-order chi connectivity index (χ0) is 20.6. The number of thioether (sulfide) groups is 1. The molecule has 3 aromatic rings. The van der Waals surface area contributed by atoms with Crippen molar-refractivity contribution < 1.29 is 9.59 Å². The van der Waals surface area contributed by atoms with Crippen molar-refractivity contribution >= 4 is 29.3 Å². The van der Waals surface area contributed by atoms with Crippen molar-refractivity contribution in [3.05, 3.63) is 95.1 Å². The molecule has 0 atom stereocenters. The zero-order valence-corrected chi connectivity index (χ0v) is 17.4. The van der Waals surface area contributed by atoms with Gasteiger partial charge in [0.15, 0.2) is 0 Å². The van der Waals surface area contributed by atoms with E-state index in [0.29, 0.717) is 12.1 Å². The molecule has 0 bridgehead atoms. The molecule has 0 saturated carbocycles. The molecular weight excluding hydrogens is 380 g/mol. The Morgan fingerprint density at radius 3 is 2.14 bits per heavy atom. The Morgan fingerprint density at radius 1 is 0.828 bits per heavy atom. The lowest BCUT2D eigenvalue weighted by molar-refractivity contribution is -0.113. The minimum atomic E-state index is -0.146. The molecule has 0 spiro atoms. The van der Waals surface area contributed by atoms with E-state index in [-0.39, 0.29) is 17.6 Å². The summed E-state index contributed by atoms with van der Waals surface area (Å²) in [5.41, 5.74) is 4.72. The molecule has 4 nitrogen and oxygen atoms in total. The molecule has 2 amide bonds. The Morgan fingerprint density at radius 2 is 1.45 bits per heavy atom. The SMILES string of the molecule is Cc1ccc(CNC(=O)c2ccccc2SCC(=O)Nc2ccc(C)cc2)cc1. The number of carbonyl (C=O) groups excluding carboxylic acids is 2. The summed E-state index contributed by atoms with van der Waals surface area (Å²) in [5.74, 6) is -0.0165. The third kappa shape index (κ3) is 6.22. The fraction of sp³-hybridized carbons (Fsp3) is 0.167. The Bertz CT molecular complexity index is 983. The monoisotopic (exact) mass is 404 g/mol. The Kier molecular flexibility index (Phi) is 7.09. The summed E-state index contributed by atoms with van der Waals surface area (Å²) in [5, 5.41) is 5.83. The predicted octanol–water partition coefficient (Wildman–Crippen LogP) is 4.96. The van der Waals surface area contributed by atoms with E-state index in [1.54, 1.807) is 6.07 Å². The Labute approximate surface area is 175 Å². The first-order chi connectivity index (χ1) is 14.0. The van der Waals surface area contributed by atoms with E-state index in [1.165, 1.54) is 17.3 Å². The molecule has 0 aromatic heterocycles. The molecule has 3 rings (SSSR count). The Hall–Kier alpha value is -3.05. The van der Waals surface area contributed by atoms with Gasteiger partial charge in [0, 0.05) is 17.1 Å². The normalized spacial score (nSPS) is 10.4. The van der Waals surface area contributed by atoms with Crippen LogP contribution in [0.25, 0.3) is 0 Å². The fourth-order valence-electron chi connectivity index (χ4n) is 2.74. The van der Waals surface area contributed by atoms with Gasteiger partial charge in [-0.15, -0.1) is 11.8 Å². The van der Waals surface area contributed by atoms with Gasteiger partial charge in [0.05, 0.1) is 11.3 Å². The highest BCUT2D eigenvalue weighted by molar-refractivity contribution is 8.00. The van der Waals surface area contributed by atoms with Crippen LogP contribution in [0.15, 0.2) is 77.7 Å². The van der Waals surface area contributed by atoms with Crippen LogP contribution in [0.4, 0.5) is 5.69 Å². The van der Waals surface area contributed by atoms with Crippen LogP contribution in [0, 0.1) is 13.8 Å². The highest BCUT2D eigenvalue weighted by Crippen LogP contribution is 2.23. The molecule has 0 heterocycles. The van der Waals surface area contributed by atoms with Crippen LogP contribution in [0.2, 0.25) is 0 Å². The second-order valence-electron chi connectivity index (χ2n) is 6.87. The van der Waals surface area contributed by atoms with Crippen molar-refractivity contribution in [2.45, 2.75) is 25.3 Å². The van der Waals surface area contributed by atoms with Gasteiger partial charge < -0.3 is 10.6 Å². The number of carbonyl (C=O) groups is 2. The first kappa shape index (κ1) is 20.7. The van der Waals surface area contributed by atoms with Gasteiger partial charge in [-0.25, -0.2) is 0 Å². The molecule has 148 valence electrons. The molecule has 0 fully saturated rings. The summed E-state index contributed by atoms with van der Waals surface area (Å²) >= 11 is 1.36. The van der Waals surface area contributed by atoms with Gasteiger partial charge in [0.2, 0.25) is 5.91 Å². The van der Waals surface area contributed by atoms with Crippen molar-refractivity contribution in [2.24, 2.45) is 0 Å². The molecule has 29 heavy (non-hydrogen) atoms. The number of benzene rings is 3. The van der Waals surface area contributed by atoms with Crippen LogP contribution in [0.3, 0.4) is 0 Å². The number of aryl methyl sites for hydroxylation is 2. The smallest absolute Gasteiger partial charge is 0.252 e. The Balaban J connectivity index is 1.57. The molecule has 3 aromatic carbocycles. The van der Waals surface area contributed by atoms with Crippen molar-refractivity contribution in [2.75, 3.05) is 11.1 Å². The maximum Gasteiger partial charge on any atom is 0.252 e. The second-order valence-corrected chi connectivity index (χ2v) is 7.88. The second kappa shape index (κ2) is 9.94. The number of rotatable bonds is 7. The van der Waals surface area contributed by atoms with E-state index in [4.69, 9.17) is 0 Å². The van der Waals surface area contributed by atoms with Crippen molar-refractivity contribution in [1.82, 2.24) is 5.32 Å². The van der Waals surface area contributed by atoms with Gasteiger partial charge in [0.1, 0.15) is 0 Å². The largest absolute Gasteiger partial charge is 0.348 e. The molecule has 0 aliphatic carbocycles. The zero-order valence-electron chi connectivity index (χ0n) is 16.6. The number of nitrogens with one attached hydrogen (secondary N) is 2. The fourth-order valence-corrected chi connectivity index (χ4v) is 3.59. The predicted molar refractivity (Wildman–Crippen MR) is 119 cm³/mol. The van der Waals surface area contributed by atoms with Crippen LogP contribution >= 0.6 is 11.8 Å². The minimum Gasteiger partial charge on any atom is -0.348 e. The van der Waals surface area contributed by atoms with Gasteiger partial charge in [-0.1, -0.05) is 59.7 Å². The summed E-state index contributed by atoms with van der Waals surface area (Å²) in [6.07, 6.45) is 0. The number of hydrogen-bond donors (Lipinski definition) is 2. The lowest BCUT2D eigenvalue weighted by Crippen LogP contribution is -2.23. The van der Waals surface area contributed by atoms with Gasteiger partial charge in [-0.2, -0.15) is 0 Å². The highest BCUT2D eigenvalue weighted by Gasteiger charge is 2.13. The van der Waals surface area contributed by atoms with Gasteiger partial charge in [-0.3, -0.25) is 9.59 Å². The van der Waals surface area contributed by atoms with Crippen molar-refractivity contribution in [3.8, 4) is 0 Å². The van der Waals surface area contributed by atoms with E-state index >= 15 is 0 Å². The standard InChI is InChI=1S/C24H24N2O2S/c1-17-7-11-19(12-8-17)15-25-24(28)21-5-3-4-6-22(21)29-16-23(27)26-20-13-9-18(2)10-14-20/h3-14H,15-16H2,1-2H3,(H,25,28)(H,26,27). The number of hydrogen-bond acceptors (Lipinski definition) is 3. The summed E-state index contributed by atoms with van der Waals surface area (Å²) in [6.45, 7) is 4.50. The average molecular weight is 405 g/mol. The van der Waals surface area contributed by atoms with Gasteiger partial charge in [0.25, 0.3) is 5.91 Å². The highest BCUT2D eigenvalue weighted by atomic mass is 32.2. The summed E-state index contributed by atoms with van der Waals surface area (Å²) in [6, 6.07) is 23.1.